The molecule has 0 rings (SSSR count). The third-order valence-electron chi connectivity index (χ3n) is 1.48. The van der Waals surface area contributed by atoms with Gasteiger partial charge in [0.15, 0.2) is 0 Å². The lowest BCUT2D eigenvalue weighted by Gasteiger charge is -2.03. The lowest BCUT2D eigenvalue weighted by Crippen LogP contribution is -2.11. The molecule has 0 amide bonds. The largest absolute Gasteiger partial charge is 0.330 e. The van der Waals surface area contributed by atoms with Gasteiger partial charge in [0, 0.05) is 0 Å². The van der Waals surface area contributed by atoms with Crippen molar-refractivity contribution >= 4 is 0 Å². The van der Waals surface area contributed by atoms with E-state index in [-0.39, 0.29) is 0 Å². The quantitative estimate of drug-likeness (QED) is 0.647. The third kappa shape index (κ3) is 22.5. The highest BCUT2D eigenvalue weighted by atomic mass is 15.0. The Hall–Kier alpha value is -0.0800. The molecule has 0 aromatic rings. The molecular weight excluding hydrogens is 148 g/mol. The molecule has 0 aromatic carbocycles. The van der Waals surface area contributed by atoms with Gasteiger partial charge in [-0.15, -0.1) is 0 Å². The van der Waals surface area contributed by atoms with E-state index in [0.29, 0.717) is 0 Å². The summed E-state index contributed by atoms with van der Waals surface area (Å²) in [6.07, 6.45) is 5.01. The van der Waals surface area contributed by atoms with Gasteiger partial charge in [0.2, 0.25) is 0 Å². The van der Waals surface area contributed by atoms with E-state index >= 15 is 0 Å². The predicted octanol–water partition coefficient (Wildman–Crippen LogP) is 2.09. The van der Waals surface area contributed by atoms with Crippen molar-refractivity contribution in [2.24, 2.45) is 5.73 Å². The molecule has 0 heterocycles. The lowest BCUT2D eigenvalue weighted by molar-refractivity contribution is 0.408. The smallest absolute Gasteiger partial charge is 0.00275 e. The minimum absolute atomic E-state index is 0.855. The zero-order valence-electron chi connectivity index (χ0n) is 9.27. The number of unbranched alkanes of at least 4 members (excludes halogenated alkanes) is 2. The third-order valence-corrected chi connectivity index (χ3v) is 1.48. The number of rotatable bonds is 5. The second kappa shape index (κ2) is 13.5. The fourth-order valence-electron chi connectivity index (χ4n) is 0.842. The molecule has 0 saturated carbocycles. The summed E-state index contributed by atoms with van der Waals surface area (Å²) in [5.41, 5.74) is 5.21. The molecule has 0 fully saturated rings. The molecule has 12 heavy (non-hydrogen) atoms. The van der Waals surface area contributed by atoms with E-state index in [2.05, 4.69) is 32.8 Å². The standard InChI is InChI=1S/2C5H13N/c1-4-5-6(2)3;1-2-3-4-5-6/h4-5H2,1-3H3;2-6H2,1H3. The monoisotopic (exact) mass is 174 g/mol. The number of hydrogen-bond donors (Lipinski definition) is 1. The highest BCUT2D eigenvalue weighted by Gasteiger charge is 1.79. The summed E-state index contributed by atoms with van der Waals surface area (Å²) in [5, 5.41) is 0. The van der Waals surface area contributed by atoms with Crippen LogP contribution >= 0.6 is 0 Å². The Morgan fingerprint density at radius 3 is 1.67 bits per heavy atom. The van der Waals surface area contributed by atoms with Crippen molar-refractivity contribution in [2.45, 2.75) is 39.5 Å². The second-order valence-corrected chi connectivity index (χ2v) is 3.30. The number of hydrogen-bond acceptors (Lipinski definition) is 2. The van der Waals surface area contributed by atoms with Crippen LogP contribution in [0.5, 0.6) is 0 Å². The predicted molar refractivity (Wildman–Crippen MR) is 57.4 cm³/mol. The van der Waals surface area contributed by atoms with Crippen molar-refractivity contribution in [2.75, 3.05) is 27.2 Å². The Morgan fingerprint density at radius 2 is 1.58 bits per heavy atom. The van der Waals surface area contributed by atoms with E-state index in [9.17, 15) is 0 Å². The summed E-state index contributed by atoms with van der Waals surface area (Å²) in [6.45, 7) is 6.42. The molecular formula is C10H26N2. The number of nitrogens with two attached hydrogens (primary N) is 1. The van der Waals surface area contributed by atoms with Crippen LogP contribution in [0, 0.1) is 0 Å². The summed E-state index contributed by atoms with van der Waals surface area (Å²) in [6, 6.07) is 0. The first-order valence-electron chi connectivity index (χ1n) is 5.03. The van der Waals surface area contributed by atoms with Gasteiger partial charge in [-0.1, -0.05) is 26.7 Å². The Morgan fingerprint density at radius 1 is 1.00 bits per heavy atom. The van der Waals surface area contributed by atoms with Crippen LogP contribution < -0.4 is 5.73 Å². The van der Waals surface area contributed by atoms with Crippen LogP contribution in [0.3, 0.4) is 0 Å². The number of nitrogens with zero attached hydrogens (tertiary/aromatic N) is 1. The van der Waals surface area contributed by atoms with Gasteiger partial charge in [-0.3, -0.25) is 0 Å². The molecule has 2 heteroatoms. The van der Waals surface area contributed by atoms with E-state index in [1.165, 1.54) is 32.2 Å². The van der Waals surface area contributed by atoms with Gasteiger partial charge < -0.3 is 10.6 Å². The van der Waals surface area contributed by atoms with E-state index < -0.39 is 0 Å². The molecule has 2 N–H and O–H groups in total. The minimum Gasteiger partial charge on any atom is -0.330 e. The van der Waals surface area contributed by atoms with E-state index in [1.54, 1.807) is 0 Å². The van der Waals surface area contributed by atoms with Gasteiger partial charge in [-0.2, -0.15) is 0 Å². The van der Waals surface area contributed by atoms with Crippen molar-refractivity contribution in [1.82, 2.24) is 4.90 Å². The maximum Gasteiger partial charge on any atom is -0.00275 e. The molecule has 76 valence electrons. The van der Waals surface area contributed by atoms with Crippen molar-refractivity contribution in [3.8, 4) is 0 Å². The molecule has 0 aliphatic carbocycles. The van der Waals surface area contributed by atoms with Crippen LogP contribution in [-0.2, 0) is 0 Å². The van der Waals surface area contributed by atoms with E-state index in [1.807, 2.05) is 0 Å². The van der Waals surface area contributed by atoms with Gasteiger partial charge in [-0.05, 0) is 40.0 Å². The molecule has 0 radical (unpaired) electrons. The van der Waals surface area contributed by atoms with Crippen molar-refractivity contribution in [3.63, 3.8) is 0 Å². The fraction of sp³-hybridized carbons (Fsp3) is 1.00. The summed E-state index contributed by atoms with van der Waals surface area (Å²) >= 11 is 0. The molecule has 0 atom stereocenters. The Balaban J connectivity index is 0. The average molecular weight is 174 g/mol. The first kappa shape index (κ1) is 14.4. The molecule has 0 aliphatic heterocycles. The van der Waals surface area contributed by atoms with Crippen LogP contribution in [0.1, 0.15) is 39.5 Å². The molecule has 2 nitrogen and oxygen atoms in total. The summed E-state index contributed by atoms with van der Waals surface area (Å²) in [4.78, 5) is 2.18. The van der Waals surface area contributed by atoms with Crippen molar-refractivity contribution < 1.29 is 0 Å². The van der Waals surface area contributed by atoms with E-state index in [4.69, 9.17) is 5.73 Å². The fourth-order valence-corrected chi connectivity index (χ4v) is 0.842. The summed E-state index contributed by atoms with van der Waals surface area (Å²) in [7, 11) is 4.17. The summed E-state index contributed by atoms with van der Waals surface area (Å²) < 4.78 is 0. The summed E-state index contributed by atoms with van der Waals surface area (Å²) in [5.74, 6) is 0. The van der Waals surface area contributed by atoms with E-state index in [0.717, 1.165) is 6.54 Å². The van der Waals surface area contributed by atoms with Gasteiger partial charge >= 0.3 is 0 Å². The van der Waals surface area contributed by atoms with Gasteiger partial charge in [0.25, 0.3) is 0 Å². The zero-order valence-corrected chi connectivity index (χ0v) is 9.27. The Labute approximate surface area is 78.1 Å². The Kier molecular flexibility index (Phi) is 16.3. The van der Waals surface area contributed by atoms with Crippen molar-refractivity contribution in [3.05, 3.63) is 0 Å². The molecule has 0 spiro atoms. The van der Waals surface area contributed by atoms with Crippen LogP contribution in [-0.4, -0.2) is 32.1 Å². The highest BCUT2D eigenvalue weighted by Crippen LogP contribution is 1.88. The van der Waals surface area contributed by atoms with Crippen LogP contribution in [0.4, 0.5) is 0 Å². The van der Waals surface area contributed by atoms with Crippen LogP contribution in [0.2, 0.25) is 0 Å². The first-order valence-corrected chi connectivity index (χ1v) is 5.03. The van der Waals surface area contributed by atoms with Crippen molar-refractivity contribution in [1.29, 1.82) is 0 Å². The van der Waals surface area contributed by atoms with Crippen LogP contribution in [0.15, 0.2) is 0 Å². The molecule has 0 bridgehead atoms. The highest BCUT2D eigenvalue weighted by molar-refractivity contribution is 4.35. The first-order chi connectivity index (χ1) is 5.68. The zero-order chi connectivity index (χ0) is 9.82. The normalized spacial score (nSPS) is 9.50. The van der Waals surface area contributed by atoms with Gasteiger partial charge in [-0.25, -0.2) is 0 Å². The Bertz CT molecular complexity index is 58.9. The molecule has 0 aromatic heterocycles. The van der Waals surface area contributed by atoms with Crippen LogP contribution in [0.25, 0.3) is 0 Å². The average Bonchev–Trinajstić information content (AvgIpc) is 2.02. The molecule has 0 aliphatic rings. The maximum atomic E-state index is 5.21. The minimum atomic E-state index is 0.855. The van der Waals surface area contributed by atoms with Gasteiger partial charge in [0.1, 0.15) is 0 Å². The topological polar surface area (TPSA) is 29.3 Å². The maximum absolute atomic E-state index is 5.21. The molecule has 0 saturated heterocycles. The molecule has 0 unspecified atom stereocenters. The lowest BCUT2D eigenvalue weighted by atomic mass is 10.3. The van der Waals surface area contributed by atoms with Gasteiger partial charge in [0.05, 0.1) is 0 Å². The SMILES string of the molecule is CCCCCN.CCCN(C)C. The second-order valence-electron chi connectivity index (χ2n) is 3.30.